The number of benzene rings is 1. The molecule has 1 unspecified atom stereocenters. The van der Waals surface area contributed by atoms with E-state index >= 15 is 0 Å². The molecule has 0 saturated carbocycles. The lowest BCUT2D eigenvalue weighted by Crippen LogP contribution is -2.05. The molecule has 0 bridgehead atoms. The summed E-state index contributed by atoms with van der Waals surface area (Å²) in [5.41, 5.74) is 1.78. The SMILES string of the molecule is OC(C1=CCCCC1)c1cc(Cl)ccc1Cl. The van der Waals surface area contributed by atoms with Crippen LogP contribution in [0.4, 0.5) is 0 Å². The van der Waals surface area contributed by atoms with E-state index in [0.29, 0.717) is 15.6 Å². The Morgan fingerprint density at radius 1 is 1.19 bits per heavy atom. The highest BCUT2D eigenvalue weighted by atomic mass is 35.5. The number of aliphatic hydroxyl groups is 1. The van der Waals surface area contributed by atoms with Crippen LogP contribution >= 0.6 is 23.2 Å². The molecule has 1 aromatic carbocycles. The molecule has 0 fully saturated rings. The van der Waals surface area contributed by atoms with Gasteiger partial charge < -0.3 is 5.11 Å². The standard InChI is InChI=1S/C13H14Cl2O/c14-10-6-7-12(15)11(8-10)13(16)9-4-2-1-3-5-9/h4,6-8,13,16H,1-3,5H2. The second-order valence-corrected chi connectivity index (χ2v) is 4.94. The first-order valence-electron chi connectivity index (χ1n) is 5.50. The molecular weight excluding hydrogens is 243 g/mol. The fraction of sp³-hybridized carbons (Fsp3) is 0.385. The molecule has 1 N–H and O–H groups in total. The Labute approximate surface area is 106 Å². The molecule has 1 nitrogen and oxygen atoms in total. The zero-order chi connectivity index (χ0) is 11.5. The molecule has 1 atom stereocenters. The van der Waals surface area contributed by atoms with Crippen molar-refractivity contribution in [1.29, 1.82) is 0 Å². The van der Waals surface area contributed by atoms with E-state index in [1.165, 1.54) is 6.42 Å². The monoisotopic (exact) mass is 256 g/mol. The fourth-order valence-electron chi connectivity index (χ4n) is 2.04. The first-order valence-corrected chi connectivity index (χ1v) is 6.26. The van der Waals surface area contributed by atoms with Crippen LogP contribution in [0.15, 0.2) is 29.8 Å². The molecule has 86 valence electrons. The van der Waals surface area contributed by atoms with Crippen molar-refractivity contribution in [3.8, 4) is 0 Å². The number of allylic oxidation sites excluding steroid dienone is 1. The highest BCUT2D eigenvalue weighted by molar-refractivity contribution is 6.33. The second kappa shape index (κ2) is 5.22. The van der Waals surface area contributed by atoms with E-state index in [1.807, 2.05) is 0 Å². The maximum Gasteiger partial charge on any atom is 0.102 e. The van der Waals surface area contributed by atoms with Crippen molar-refractivity contribution in [2.24, 2.45) is 0 Å². The average molecular weight is 257 g/mol. The Balaban J connectivity index is 2.29. The van der Waals surface area contributed by atoms with Gasteiger partial charge in [-0.05, 0) is 49.5 Å². The summed E-state index contributed by atoms with van der Waals surface area (Å²) in [6.07, 6.45) is 5.85. The van der Waals surface area contributed by atoms with Crippen LogP contribution in [-0.4, -0.2) is 5.11 Å². The Kier molecular flexibility index (Phi) is 3.91. The highest BCUT2D eigenvalue weighted by Gasteiger charge is 2.18. The third kappa shape index (κ3) is 2.60. The molecule has 0 aromatic heterocycles. The largest absolute Gasteiger partial charge is 0.384 e. The lowest BCUT2D eigenvalue weighted by Gasteiger charge is -2.20. The van der Waals surface area contributed by atoms with Crippen molar-refractivity contribution in [2.45, 2.75) is 31.8 Å². The van der Waals surface area contributed by atoms with E-state index < -0.39 is 6.10 Å². The number of hydrogen-bond acceptors (Lipinski definition) is 1. The van der Waals surface area contributed by atoms with Gasteiger partial charge >= 0.3 is 0 Å². The van der Waals surface area contributed by atoms with Crippen LogP contribution in [-0.2, 0) is 0 Å². The third-order valence-electron chi connectivity index (χ3n) is 2.93. The predicted molar refractivity (Wildman–Crippen MR) is 68.0 cm³/mol. The van der Waals surface area contributed by atoms with Crippen molar-refractivity contribution in [1.82, 2.24) is 0 Å². The van der Waals surface area contributed by atoms with E-state index in [4.69, 9.17) is 23.2 Å². The van der Waals surface area contributed by atoms with Gasteiger partial charge in [0.15, 0.2) is 0 Å². The van der Waals surface area contributed by atoms with Gasteiger partial charge in [-0.25, -0.2) is 0 Å². The zero-order valence-corrected chi connectivity index (χ0v) is 10.4. The summed E-state index contributed by atoms with van der Waals surface area (Å²) in [4.78, 5) is 0. The van der Waals surface area contributed by atoms with Gasteiger partial charge in [-0.3, -0.25) is 0 Å². The van der Waals surface area contributed by atoms with Crippen molar-refractivity contribution < 1.29 is 5.11 Å². The molecule has 1 aromatic rings. The molecule has 0 saturated heterocycles. The molecule has 0 amide bonds. The summed E-state index contributed by atoms with van der Waals surface area (Å²) >= 11 is 12.0. The van der Waals surface area contributed by atoms with Gasteiger partial charge in [0, 0.05) is 15.6 Å². The summed E-state index contributed by atoms with van der Waals surface area (Å²) in [5.74, 6) is 0. The minimum Gasteiger partial charge on any atom is -0.384 e. The normalized spacial score (nSPS) is 18.1. The van der Waals surface area contributed by atoms with Gasteiger partial charge in [0.1, 0.15) is 6.10 Å². The number of aliphatic hydroxyl groups excluding tert-OH is 1. The maximum atomic E-state index is 10.2. The van der Waals surface area contributed by atoms with E-state index in [1.54, 1.807) is 18.2 Å². The summed E-state index contributed by atoms with van der Waals surface area (Å²) in [7, 11) is 0. The molecule has 16 heavy (non-hydrogen) atoms. The molecule has 1 aliphatic carbocycles. The smallest absolute Gasteiger partial charge is 0.102 e. The van der Waals surface area contributed by atoms with Crippen molar-refractivity contribution in [3.05, 3.63) is 45.5 Å². The molecule has 0 heterocycles. The first-order chi connectivity index (χ1) is 7.68. The van der Waals surface area contributed by atoms with Gasteiger partial charge in [-0.1, -0.05) is 29.3 Å². The Morgan fingerprint density at radius 3 is 2.69 bits per heavy atom. The fourth-order valence-corrected chi connectivity index (χ4v) is 2.44. The molecule has 1 aliphatic rings. The van der Waals surface area contributed by atoms with Gasteiger partial charge in [0.2, 0.25) is 0 Å². The Bertz CT molecular complexity index is 412. The summed E-state index contributed by atoms with van der Waals surface area (Å²) in [6.45, 7) is 0. The van der Waals surface area contributed by atoms with E-state index in [9.17, 15) is 5.11 Å². The van der Waals surface area contributed by atoms with Crippen LogP contribution in [0, 0.1) is 0 Å². The van der Waals surface area contributed by atoms with Crippen molar-refractivity contribution in [3.63, 3.8) is 0 Å². The Morgan fingerprint density at radius 2 is 2.00 bits per heavy atom. The number of halogens is 2. The minimum atomic E-state index is -0.605. The van der Waals surface area contributed by atoms with E-state index in [-0.39, 0.29) is 0 Å². The van der Waals surface area contributed by atoms with Gasteiger partial charge in [0.25, 0.3) is 0 Å². The van der Waals surface area contributed by atoms with Crippen molar-refractivity contribution >= 4 is 23.2 Å². The Hall–Kier alpha value is -0.500. The molecule has 0 spiro atoms. The van der Waals surface area contributed by atoms with Crippen LogP contribution in [0.25, 0.3) is 0 Å². The second-order valence-electron chi connectivity index (χ2n) is 4.09. The van der Waals surface area contributed by atoms with Gasteiger partial charge in [-0.2, -0.15) is 0 Å². The topological polar surface area (TPSA) is 20.2 Å². The van der Waals surface area contributed by atoms with Crippen molar-refractivity contribution in [2.75, 3.05) is 0 Å². The minimum absolute atomic E-state index is 0.573. The third-order valence-corrected chi connectivity index (χ3v) is 3.51. The number of hydrogen-bond donors (Lipinski definition) is 1. The van der Waals surface area contributed by atoms with Gasteiger partial charge in [0.05, 0.1) is 0 Å². The maximum absolute atomic E-state index is 10.2. The van der Waals surface area contributed by atoms with Crippen LogP contribution < -0.4 is 0 Å². The summed E-state index contributed by atoms with van der Waals surface area (Å²) in [6, 6.07) is 5.20. The summed E-state index contributed by atoms with van der Waals surface area (Å²) in [5, 5.41) is 11.4. The van der Waals surface area contributed by atoms with Gasteiger partial charge in [-0.15, -0.1) is 0 Å². The van der Waals surface area contributed by atoms with E-state index in [2.05, 4.69) is 6.08 Å². The van der Waals surface area contributed by atoms with Crippen LogP contribution in [0.3, 0.4) is 0 Å². The predicted octanol–water partition coefficient (Wildman–Crippen LogP) is 4.53. The first kappa shape index (κ1) is 12.0. The molecule has 2 rings (SSSR count). The summed E-state index contributed by atoms with van der Waals surface area (Å²) < 4.78 is 0. The zero-order valence-electron chi connectivity index (χ0n) is 8.92. The van der Waals surface area contributed by atoms with Crippen LogP contribution in [0.2, 0.25) is 10.0 Å². The molecule has 0 radical (unpaired) electrons. The average Bonchev–Trinajstić information content (AvgIpc) is 2.32. The molecular formula is C13H14Cl2O. The number of rotatable bonds is 2. The van der Waals surface area contributed by atoms with E-state index in [0.717, 1.165) is 24.8 Å². The highest BCUT2D eigenvalue weighted by Crippen LogP contribution is 2.34. The van der Waals surface area contributed by atoms with Crippen LogP contribution in [0.5, 0.6) is 0 Å². The molecule has 0 aliphatic heterocycles. The lowest BCUT2D eigenvalue weighted by atomic mass is 9.92. The lowest BCUT2D eigenvalue weighted by molar-refractivity contribution is 0.208. The van der Waals surface area contributed by atoms with Crippen LogP contribution in [0.1, 0.15) is 37.4 Å². The quantitative estimate of drug-likeness (QED) is 0.772. The molecule has 3 heteroatoms.